The van der Waals surface area contributed by atoms with E-state index in [2.05, 4.69) is 5.32 Å². The third-order valence-corrected chi connectivity index (χ3v) is 2.69. The zero-order valence-corrected chi connectivity index (χ0v) is 10.9. The van der Waals surface area contributed by atoms with Crippen LogP contribution in [0, 0.1) is 11.6 Å². The zero-order chi connectivity index (χ0) is 14.4. The van der Waals surface area contributed by atoms with Crippen LogP contribution < -0.4 is 5.32 Å². The van der Waals surface area contributed by atoms with Crippen molar-refractivity contribution in [3.05, 3.63) is 35.4 Å². The summed E-state index contributed by atoms with van der Waals surface area (Å²) in [5.74, 6) is -2.69. The van der Waals surface area contributed by atoms with E-state index in [0.29, 0.717) is 19.2 Å². The van der Waals surface area contributed by atoms with Gasteiger partial charge >= 0.3 is 0 Å². The van der Waals surface area contributed by atoms with E-state index in [0.717, 1.165) is 12.1 Å². The fourth-order valence-electron chi connectivity index (χ4n) is 1.61. The number of amides is 2. The van der Waals surface area contributed by atoms with E-state index in [-0.39, 0.29) is 18.0 Å². The van der Waals surface area contributed by atoms with Crippen molar-refractivity contribution in [2.24, 2.45) is 0 Å². The predicted molar refractivity (Wildman–Crippen MR) is 66.6 cm³/mol. The van der Waals surface area contributed by atoms with Crippen LogP contribution in [0.3, 0.4) is 0 Å². The van der Waals surface area contributed by atoms with Crippen LogP contribution in [0.1, 0.15) is 24.2 Å². The first-order chi connectivity index (χ1) is 8.99. The summed E-state index contributed by atoms with van der Waals surface area (Å²) in [6.45, 7) is 4.51. The zero-order valence-electron chi connectivity index (χ0n) is 10.9. The molecule has 4 nitrogen and oxygen atoms in total. The summed E-state index contributed by atoms with van der Waals surface area (Å²) < 4.78 is 26.0. The van der Waals surface area contributed by atoms with Crippen molar-refractivity contribution < 1.29 is 18.4 Å². The first kappa shape index (κ1) is 15.1. The third-order valence-electron chi connectivity index (χ3n) is 2.69. The molecule has 0 fully saturated rings. The molecule has 1 rings (SSSR count). The van der Waals surface area contributed by atoms with Crippen LogP contribution in [0.4, 0.5) is 8.78 Å². The maximum Gasteiger partial charge on any atom is 0.254 e. The van der Waals surface area contributed by atoms with Crippen LogP contribution in [0.2, 0.25) is 0 Å². The highest BCUT2D eigenvalue weighted by Crippen LogP contribution is 2.09. The molecule has 0 aliphatic rings. The van der Waals surface area contributed by atoms with Crippen molar-refractivity contribution in [1.29, 1.82) is 0 Å². The summed E-state index contributed by atoms with van der Waals surface area (Å²) in [7, 11) is 0. The first-order valence-electron chi connectivity index (χ1n) is 6.00. The molecule has 1 N–H and O–H groups in total. The van der Waals surface area contributed by atoms with Gasteiger partial charge in [-0.1, -0.05) is 0 Å². The number of rotatable bonds is 5. The minimum atomic E-state index is -0.951. The molecule has 1 aromatic rings. The molecule has 0 unspecified atom stereocenters. The van der Waals surface area contributed by atoms with E-state index in [9.17, 15) is 18.4 Å². The van der Waals surface area contributed by atoms with Crippen LogP contribution >= 0.6 is 0 Å². The second-order valence-corrected chi connectivity index (χ2v) is 3.87. The molecule has 0 aromatic heterocycles. The maximum atomic E-state index is 13.3. The molecule has 0 spiro atoms. The molecule has 1 aromatic carbocycles. The van der Waals surface area contributed by atoms with Crippen LogP contribution in [0.5, 0.6) is 0 Å². The summed E-state index contributed by atoms with van der Waals surface area (Å²) in [5.41, 5.74) is -0.284. The molecular formula is C13H16F2N2O2. The van der Waals surface area contributed by atoms with Crippen molar-refractivity contribution in [3.8, 4) is 0 Å². The average Bonchev–Trinajstić information content (AvgIpc) is 2.37. The van der Waals surface area contributed by atoms with Gasteiger partial charge < -0.3 is 10.2 Å². The predicted octanol–water partition coefficient (Wildman–Crippen LogP) is 1.56. The Kier molecular flexibility index (Phi) is 5.41. The third kappa shape index (κ3) is 4.01. The van der Waals surface area contributed by atoms with Crippen molar-refractivity contribution in [1.82, 2.24) is 10.2 Å². The molecule has 0 heterocycles. The number of hydrogen-bond acceptors (Lipinski definition) is 2. The highest BCUT2D eigenvalue weighted by molar-refractivity contribution is 5.96. The molecule has 104 valence electrons. The van der Waals surface area contributed by atoms with Gasteiger partial charge in [0, 0.05) is 19.2 Å². The molecular weight excluding hydrogens is 254 g/mol. The Bertz CT molecular complexity index is 474. The molecule has 0 bridgehead atoms. The molecule has 0 saturated heterocycles. The lowest BCUT2D eigenvalue weighted by Crippen LogP contribution is -2.40. The Morgan fingerprint density at radius 2 is 1.84 bits per heavy atom. The largest absolute Gasteiger partial charge is 0.343 e. The average molecular weight is 270 g/mol. The number of likely N-dealkylation sites (N-methyl/N-ethyl adjacent to an activating group) is 1. The van der Waals surface area contributed by atoms with Gasteiger partial charge in [-0.2, -0.15) is 0 Å². The Balaban J connectivity index is 2.63. The first-order valence-corrected chi connectivity index (χ1v) is 6.00. The van der Waals surface area contributed by atoms with Gasteiger partial charge in [0.1, 0.15) is 11.6 Å². The number of nitrogens with one attached hydrogen (secondary N) is 1. The van der Waals surface area contributed by atoms with E-state index in [1.807, 2.05) is 13.8 Å². The fourth-order valence-corrected chi connectivity index (χ4v) is 1.61. The van der Waals surface area contributed by atoms with Crippen LogP contribution in [0.25, 0.3) is 0 Å². The van der Waals surface area contributed by atoms with Gasteiger partial charge in [0.2, 0.25) is 5.91 Å². The SMILES string of the molecule is CCN(CC)C(=O)CNC(=O)c1ccc(F)cc1F. The monoisotopic (exact) mass is 270 g/mol. The highest BCUT2D eigenvalue weighted by atomic mass is 19.1. The van der Waals surface area contributed by atoms with Crippen molar-refractivity contribution >= 4 is 11.8 Å². The molecule has 6 heteroatoms. The van der Waals surface area contributed by atoms with E-state index in [1.54, 1.807) is 4.90 Å². The molecule has 0 saturated carbocycles. The minimum Gasteiger partial charge on any atom is -0.343 e. The van der Waals surface area contributed by atoms with E-state index in [1.165, 1.54) is 0 Å². The van der Waals surface area contributed by atoms with Gasteiger partial charge in [0.25, 0.3) is 5.91 Å². The normalized spacial score (nSPS) is 10.1. The van der Waals surface area contributed by atoms with Crippen molar-refractivity contribution in [3.63, 3.8) is 0 Å². The lowest BCUT2D eigenvalue weighted by atomic mass is 10.2. The quantitative estimate of drug-likeness (QED) is 0.882. The second kappa shape index (κ2) is 6.82. The van der Waals surface area contributed by atoms with Crippen LogP contribution in [0.15, 0.2) is 18.2 Å². The molecule has 0 radical (unpaired) electrons. The maximum absolute atomic E-state index is 13.3. The standard InChI is InChI=1S/C13H16F2N2O2/c1-3-17(4-2)12(18)8-16-13(19)10-6-5-9(14)7-11(10)15/h5-7H,3-4,8H2,1-2H3,(H,16,19). The lowest BCUT2D eigenvalue weighted by Gasteiger charge is -2.18. The number of carbonyl (C=O) groups excluding carboxylic acids is 2. The Morgan fingerprint density at radius 3 is 2.37 bits per heavy atom. The van der Waals surface area contributed by atoms with Gasteiger partial charge in [-0.25, -0.2) is 8.78 Å². The number of carbonyl (C=O) groups is 2. The Labute approximate surface area is 110 Å². The molecule has 0 aliphatic carbocycles. The smallest absolute Gasteiger partial charge is 0.254 e. The molecule has 19 heavy (non-hydrogen) atoms. The van der Waals surface area contributed by atoms with E-state index in [4.69, 9.17) is 0 Å². The minimum absolute atomic E-state index is 0.211. The van der Waals surface area contributed by atoms with Gasteiger partial charge in [0.15, 0.2) is 0 Å². The number of benzene rings is 1. The van der Waals surface area contributed by atoms with Crippen molar-refractivity contribution in [2.75, 3.05) is 19.6 Å². The van der Waals surface area contributed by atoms with Gasteiger partial charge in [-0.05, 0) is 26.0 Å². The Hall–Kier alpha value is -1.98. The summed E-state index contributed by atoms with van der Waals surface area (Å²) in [6.07, 6.45) is 0. The number of nitrogens with zero attached hydrogens (tertiary/aromatic N) is 1. The second-order valence-electron chi connectivity index (χ2n) is 3.87. The van der Waals surface area contributed by atoms with Gasteiger partial charge in [-0.3, -0.25) is 9.59 Å². The summed E-state index contributed by atoms with van der Waals surface area (Å²) >= 11 is 0. The Morgan fingerprint density at radius 1 is 1.21 bits per heavy atom. The topological polar surface area (TPSA) is 49.4 Å². The molecule has 0 aliphatic heterocycles. The summed E-state index contributed by atoms with van der Waals surface area (Å²) in [4.78, 5) is 24.8. The van der Waals surface area contributed by atoms with Crippen molar-refractivity contribution in [2.45, 2.75) is 13.8 Å². The van der Waals surface area contributed by atoms with E-state index < -0.39 is 17.5 Å². The molecule has 2 amide bonds. The molecule has 0 atom stereocenters. The summed E-state index contributed by atoms with van der Waals surface area (Å²) in [5, 5.41) is 2.32. The number of hydrogen-bond donors (Lipinski definition) is 1. The highest BCUT2D eigenvalue weighted by Gasteiger charge is 2.15. The summed E-state index contributed by atoms with van der Waals surface area (Å²) in [6, 6.07) is 2.66. The van der Waals surface area contributed by atoms with Gasteiger partial charge in [0.05, 0.1) is 12.1 Å². The fraction of sp³-hybridized carbons (Fsp3) is 0.385. The van der Waals surface area contributed by atoms with Crippen LogP contribution in [-0.2, 0) is 4.79 Å². The number of halogens is 2. The lowest BCUT2D eigenvalue weighted by molar-refractivity contribution is -0.129. The van der Waals surface area contributed by atoms with Crippen LogP contribution in [-0.4, -0.2) is 36.3 Å². The van der Waals surface area contributed by atoms with Gasteiger partial charge in [-0.15, -0.1) is 0 Å². The van der Waals surface area contributed by atoms with E-state index >= 15 is 0 Å².